The Kier molecular flexibility index (Phi) is 11.6. The molecule has 0 spiro atoms. The molecule has 0 saturated carbocycles. The van der Waals surface area contributed by atoms with E-state index in [1.807, 2.05) is 36.5 Å². The molecule has 1 aromatic heterocycles. The molecule has 1 heterocycles. The number of aromatic nitrogens is 1. The van der Waals surface area contributed by atoms with Crippen LogP contribution in [0.4, 0.5) is 0 Å². The van der Waals surface area contributed by atoms with Crippen LogP contribution in [0.5, 0.6) is 5.75 Å². The number of esters is 1. The van der Waals surface area contributed by atoms with Crippen LogP contribution >= 0.6 is 0 Å². The number of carbonyl (C=O) groups excluding carboxylic acids is 1. The average molecular weight is 408 g/mol. The fourth-order valence-electron chi connectivity index (χ4n) is 3.39. The zero-order valence-electron chi connectivity index (χ0n) is 18.7. The van der Waals surface area contributed by atoms with E-state index in [1.165, 1.54) is 63.0 Å². The first-order chi connectivity index (χ1) is 14.7. The number of carbonyl (C=O) groups is 1. The number of rotatable bonds is 14. The molecule has 0 aliphatic heterocycles. The number of aryl methyl sites for hydroxylation is 1. The van der Waals surface area contributed by atoms with Crippen LogP contribution in [-0.2, 0) is 11.2 Å². The summed E-state index contributed by atoms with van der Waals surface area (Å²) < 4.78 is 5.36. The molecule has 2 aromatic rings. The predicted molar refractivity (Wildman–Crippen MR) is 126 cm³/mol. The third-order valence-electron chi connectivity index (χ3n) is 5.24. The molecule has 0 aliphatic carbocycles. The SMILES string of the molecule is CCCCC/C=C/C(=O)Oc1ccc(-c2ccc(CCCCCCCC)cn2)cc1. The fourth-order valence-corrected chi connectivity index (χ4v) is 3.39. The van der Waals surface area contributed by atoms with Crippen molar-refractivity contribution in [3.05, 3.63) is 60.3 Å². The Balaban J connectivity index is 1.78. The maximum Gasteiger partial charge on any atom is 0.335 e. The molecule has 0 aliphatic rings. The van der Waals surface area contributed by atoms with E-state index in [4.69, 9.17) is 4.74 Å². The van der Waals surface area contributed by atoms with Gasteiger partial charge in [-0.1, -0.05) is 70.9 Å². The Hall–Kier alpha value is -2.42. The Morgan fingerprint density at radius 1 is 0.867 bits per heavy atom. The van der Waals surface area contributed by atoms with Crippen LogP contribution in [-0.4, -0.2) is 11.0 Å². The number of unbranched alkanes of at least 4 members (excludes halogenated alkanes) is 8. The number of ether oxygens (including phenoxy) is 1. The molecule has 0 fully saturated rings. The zero-order valence-corrected chi connectivity index (χ0v) is 18.7. The molecule has 3 nitrogen and oxygen atoms in total. The monoisotopic (exact) mass is 407 g/mol. The molecular formula is C27H37NO2. The van der Waals surface area contributed by atoms with E-state index >= 15 is 0 Å². The Bertz CT molecular complexity index is 747. The van der Waals surface area contributed by atoms with Crippen LogP contribution in [0.15, 0.2) is 54.7 Å². The number of hydrogen-bond donors (Lipinski definition) is 0. The molecule has 162 valence electrons. The lowest BCUT2D eigenvalue weighted by atomic mass is 10.1. The minimum atomic E-state index is -0.323. The second-order valence-corrected chi connectivity index (χ2v) is 7.91. The highest BCUT2D eigenvalue weighted by molar-refractivity contribution is 5.84. The molecule has 30 heavy (non-hydrogen) atoms. The quantitative estimate of drug-likeness (QED) is 0.139. The molecule has 0 atom stereocenters. The van der Waals surface area contributed by atoms with Gasteiger partial charge in [0.15, 0.2) is 0 Å². The van der Waals surface area contributed by atoms with Gasteiger partial charge in [0.05, 0.1) is 5.69 Å². The number of benzene rings is 1. The van der Waals surface area contributed by atoms with Gasteiger partial charge in [-0.2, -0.15) is 0 Å². The number of allylic oxidation sites excluding steroid dienone is 1. The van der Waals surface area contributed by atoms with Crippen molar-refractivity contribution < 1.29 is 9.53 Å². The van der Waals surface area contributed by atoms with Gasteiger partial charge in [0.25, 0.3) is 0 Å². The second-order valence-electron chi connectivity index (χ2n) is 7.91. The van der Waals surface area contributed by atoms with Crippen LogP contribution < -0.4 is 4.74 Å². The molecule has 1 aromatic carbocycles. The van der Waals surface area contributed by atoms with E-state index < -0.39 is 0 Å². The largest absolute Gasteiger partial charge is 0.423 e. The predicted octanol–water partition coefficient (Wildman–Crippen LogP) is 7.69. The molecule has 0 saturated heterocycles. The van der Waals surface area contributed by atoms with E-state index in [2.05, 4.69) is 31.0 Å². The maximum atomic E-state index is 11.9. The summed E-state index contributed by atoms with van der Waals surface area (Å²) in [6, 6.07) is 11.8. The molecule has 0 unspecified atom stereocenters. The minimum Gasteiger partial charge on any atom is -0.423 e. The van der Waals surface area contributed by atoms with E-state index in [-0.39, 0.29) is 5.97 Å². The standard InChI is InChI=1S/C27H37NO2/c1-3-5-7-9-11-12-14-23-16-21-26(28-22-23)24-17-19-25(20-18-24)30-27(29)15-13-10-8-6-4-2/h13,15-22H,3-12,14H2,1-2H3/b15-13+. The van der Waals surface area contributed by atoms with Crippen LogP contribution in [0, 0.1) is 0 Å². The van der Waals surface area contributed by atoms with Crippen molar-refractivity contribution in [2.75, 3.05) is 0 Å². The first kappa shape index (κ1) is 23.9. The van der Waals surface area contributed by atoms with Gasteiger partial charge in [0, 0.05) is 17.8 Å². The average Bonchev–Trinajstić information content (AvgIpc) is 2.77. The normalized spacial score (nSPS) is 11.1. The lowest BCUT2D eigenvalue weighted by Gasteiger charge is -2.06. The van der Waals surface area contributed by atoms with E-state index in [1.54, 1.807) is 0 Å². The highest BCUT2D eigenvalue weighted by Crippen LogP contribution is 2.21. The van der Waals surface area contributed by atoms with Crippen molar-refractivity contribution >= 4 is 5.97 Å². The molecule has 0 amide bonds. The van der Waals surface area contributed by atoms with Gasteiger partial charge in [-0.05, 0) is 61.6 Å². The first-order valence-corrected chi connectivity index (χ1v) is 11.7. The van der Waals surface area contributed by atoms with Gasteiger partial charge in [-0.3, -0.25) is 4.98 Å². The number of nitrogens with zero attached hydrogens (tertiary/aromatic N) is 1. The van der Waals surface area contributed by atoms with Gasteiger partial charge in [-0.25, -0.2) is 4.79 Å². The molecule has 3 heteroatoms. The highest BCUT2D eigenvalue weighted by Gasteiger charge is 2.04. The third kappa shape index (κ3) is 9.39. The topological polar surface area (TPSA) is 39.2 Å². The molecule has 2 rings (SSSR count). The summed E-state index contributed by atoms with van der Waals surface area (Å²) in [7, 11) is 0. The van der Waals surface area contributed by atoms with Crippen molar-refractivity contribution in [1.82, 2.24) is 4.98 Å². The molecule has 0 radical (unpaired) electrons. The first-order valence-electron chi connectivity index (χ1n) is 11.7. The lowest BCUT2D eigenvalue weighted by molar-refractivity contribution is -0.129. The van der Waals surface area contributed by atoms with Crippen molar-refractivity contribution in [3.8, 4) is 17.0 Å². The van der Waals surface area contributed by atoms with Crippen LogP contribution in [0.25, 0.3) is 11.3 Å². The zero-order chi connectivity index (χ0) is 21.4. The highest BCUT2D eigenvalue weighted by atomic mass is 16.5. The third-order valence-corrected chi connectivity index (χ3v) is 5.24. The summed E-state index contributed by atoms with van der Waals surface area (Å²) in [5.74, 6) is 0.234. The van der Waals surface area contributed by atoms with Gasteiger partial charge in [-0.15, -0.1) is 0 Å². The van der Waals surface area contributed by atoms with E-state index in [9.17, 15) is 4.79 Å². The van der Waals surface area contributed by atoms with Gasteiger partial charge in [0.1, 0.15) is 5.75 Å². The summed E-state index contributed by atoms with van der Waals surface area (Å²) >= 11 is 0. The second kappa shape index (κ2) is 14.5. The number of pyridine rings is 1. The van der Waals surface area contributed by atoms with Crippen molar-refractivity contribution in [3.63, 3.8) is 0 Å². The van der Waals surface area contributed by atoms with Gasteiger partial charge >= 0.3 is 5.97 Å². The fraction of sp³-hybridized carbons (Fsp3) is 0.481. The minimum absolute atomic E-state index is 0.323. The van der Waals surface area contributed by atoms with Crippen molar-refractivity contribution in [1.29, 1.82) is 0 Å². The Morgan fingerprint density at radius 2 is 1.57 bits per heavy atom. The summed E-state index contributed by atoms with van der Waals surface area (Å²) in [5, 5.41) is 0. The van der Waals surface area contributed by atoms with Crippen molar-refractivity contribution in [2.24, 2.45) is 0 Å². The summed E-state index contributed by atoms with van der Waals surface area (Å²) in [4.78, 5) is 16.5. The Morgan fingerprint density at radius 3 is 2.27 bits per heavy atom. The Labute approximate surface area is 182 Å². The van der Waals surface area contributed by atoms with Crippen LogP contribution in [0.2, 0.25) is 0 Å². The van der Waals surface area contributed by atoms with E-state index in [0.29, 0.717) is 5.75 Å². The van der Waals surface area contributed by atoms with Crippen LogP contribution in [0.3, 0.4) is 0 Å². The van der Waals surface area contributed by atoms with E-state index in [0.717, 1.165) is 30.5 Å². The molecule has 0 N–H and O–H groups in total. The van der Waals surface area contributed by atoms with Crippen molar-refractivity contribution in [2.45, 2.75) is 84.5 Å². The summed E-state index contributed by atoms with van der Waals surface area (Å²) in [5.41, 5.74) is 3.26. The van der Waals surface area contributed by atoms with Gasteiger partial charge < -0.3 is 4.74 Å². The molecule has 0 bridgehead atoms. The maximum absolute atomic E-state index is 11.9. The summed E-state index contributed by atoms with van der Waals surface area (Å²) in [6.45, 7) is 4.42. The van der Waals surface area contributed by atoms with Gasteiger partial charge in [0.2, 0.25) is 0 Å². The summed E-state index contributed by atoms with van der Waals surface area (Å²) in [6.07, 6.45) is 18.8. The smallest absolute Gasteiger partial charge is 0.335 e. The molecular weight excluding hydrogens is 370 g/mol. The lowest BCUT2D eigenvalue weighted by Crippen LogP contribution is -2.03. The number of hydrogen-bond acceptors (Lipinski definition) is 3. The van der Waals surface area contributed by atoms with Crippen LogP contribution in [0.1, 0.15) is 83.6 Å².